The summed E-state index contributed by atoms with van der Waals surface area (Å²) in [7, 11) is 0. The van der Waals surface area contributed by atoms with E-state index in [2.05, 4.69) is 24.8 Å². The second kappa shape index (κ2) is 6.14. The van der Waals surface area contributed by atoms with Crippen molar-refractivity contribution < 1.29 is 9.59 Å². The molecular weight excluding hydrogens is 344 g/mol. The van der Waals surface area contributed by atoms with Crippen LogP contribution in [0.2, 0.25) is 0 Å². The lowest BCUT2D eigenvalue weighted by atomic mass is 9.78. The molecule has 0 aromatic carbocycles. The van der Waals surface area contributed by atoms with E-state index in [1.807, 2.05) is 4.90 Å². The first-order valence-corrected chi connectivity index (χ1v) is 9.58. The molecule has 1 saturated heterocycles. The molecular formula is C19H22N6O2. The van der Waals surface area contributed by atoms with Crippen LogP contribution in [0.5, 0.6) is 0 Å². The molecule has 1 saturated carbocycles. The lowest BCUT2D eigenvalue weighted by Gasteiger charge is -2.50. The van der Waals surface area contributed by atoms with Gasteiger partial charge < -0.3 is 14.8 Å². The van der Waals surface area contributed by atoms with Crippen molar-refractivity contribution in [1.82, 2.24) is 29.7 Å². The van der Waals surface area contributed by atoms with Crippen molar-refractivity contribution >= 4 is 11.8 Å². The number of H-pyrrole nitrogens is 1. The van der Waals surface area contributed by atoms with Gasteiger partial charge in [-0.1, -0.05) is 0 Å². The first-order valence-electron chi connectivity index (χ1n) is 9.58. The Morgan fingerprint density at radius 3 is 2.63 bits per heavy atom. The zero-order valence-electron chi connectivity index (χ0n) is 15.1. The number of piperidine rings is 1. The predicted molar refractivity (Wildman–Crippen MR) is 95.6 cm³/mol. The van der Waals surface area contributed by atoms with E-state index in [9.17, 15) is 9.59 Å². The van der Waals surface area contributed by atoms with Crippen LogP contribution >= 0.6 is 0 Å². The van der Waals surface area contributed by atoms with Crippen LogP contribution < -0.4 is 0 Å². The van der Waals surface area contributed by atoms with Crippen molar-refractivity contribution in [3.63, 3.8) is 0 Å². The summed E-state index contributed by atoms with van der Waals surface area (Å²) in [4.78, 5) is 45.6. The van der Waals surface area contributed by atoms with Crippen LogP contribution in [-0.4, -0.2) is 61.2 Å². The van der Waals surface area contributed by atoms with Crippen LogP contribution in [0.15, 0.2) is 24.9 Å². The van der Waals surface area contributed by atoms with E-state index in [-0.39, 0.29) is 17.7 Å². The Balaban J connectivity index is 1.41. The fraction of sp³-hybridized carbons (Fsp3) is 0.526. The average molecular weight is 366 g/mol. The van der Waals surface area contributed by atoms with Crippen LogP contribution in [0.4, 0.5) is 0 Å². The zero-order chi connectivity index (χ0) is 18.4. The fourth-order valence-electron chi connectivity index (χ4n) is 4.51. The third-order valence-corrected chi connectivity index (χ3v) is 6.11. The SMILES string of the molecule is O=C(c1cnccn1)N1CCC2(CC1)c1nc[nH]c1CCN2C(=O)C1CC1. The van der Waals surface area contributed by atoms with Gasteiger partial charge >= 0.3 is 0 Å². The first kappa shape index (κ1) is 16.4. The van der Waals surface area contributed by atoms with Gasteiger partial charge in [0.15, 0.2) is 0 Å². The predicted octanol–water partition coefficient (Wildman–Crippen LogP) is 1.13. The average Bonchev–Trinajstić information content (AvgIpc) is 3.45. The number of hydrogen-bond acceptors (Lipinski definition) is 5. The monoisotopic (exact) mass is 366 g/mol. The van der Waals surface area contributed by atoms with Gasteiger partial charge in [0.25, 0.3) is 5.91 Å². The minimum atomic E-state index is -0.396. The van der Waals surface area contributed by atoms with Gasteiger partial charge in [0.2, 0.25) is 5.91 Å². The number of aromatic nitrogens is 4. The smallest absolute Gasteiger partial charge is 0.274 e. The summed E-state index contributed by atoms with van der Waals surface area (Å²) < 4.78 is 0. The van der Waals surface area contributed by atoms with Gasteiger partial charge in [0, 0.05) is 50.1 Å². The molecule has 2 aromatic heterocycles. The Kier molecular flexibility index (Phi) is 3.73. The molecule has 4 heterocycles. The third kappa shape index (κ3) is 2.62. The van der Waals surface area contributed by atoms with Gasteiger partial charge in [0.1, 0.15) is 5.69 Å². The second-order valence-electron chi connectivity index (χ2n) is 7.66. The molecule has 1 spiro atoms. The molecule has 8 nitrogen and oxygen atoms in total. The molecule has 1 aliphatic carbocycles. The highest BCUT2D eigenvalue weighted by Crippen LogP contribution is 2.45. The lowest BCUT2D eigenvalue weighted by Crippen LogP contribution is -2.59. The van der Waals surface area contributed by atoms with Crippen LogP contribution in [0, 0.1) is 5.92 Å². The standard InChI is InChI=1S/C19H22N6O2/c26-17(13-1-2-13)25-8-3-14-16(23-12-22-14)19(25)4-9-24(10-5-19)18(27)15-11-20-6-7-21-15/h6-7,11-13H,1-5,8-10H2,(H,22,23). The van der Waals surface area contributed by atoms with Crippen molar-refractivity contribution in [2.75, 3.05) is 19.6 Å². The lowest BCUT2D eigenvalue weighted by molar-refractivity contribution is -0.143. The summed E-state index contributed by atoms with van der Waals surface area (Å²) in [6.45, 7) is 1.88. The fourth-order valence-corrected chi connectivity index (χ4v) is 4.51. The number of likely N-dealkylation sites (tertiary alicyclic amines) is 1. The summed E-state index contributed by atoms with van der Waals surface area (Å²) in [5.41, 5.74) is 2.09. The van der Waals surface area contributed by atoms with Crippen molar-refractivity contribution in [3.8, 4) is 0 Å². The van der Waals surface area contributed by atoms with Crippen molar-refractivity contribution in [1.29, 1.82) is 0 Å². The molecule has 140 valence electrons. The van der Waals surface area contributed by atoms with Gasteiger partial charge in [-0.3, -0.25) is 14.6 Å². The Bertz CT molecular complexity index is 867. The van der Waals surface area contributed by atoms with E-state index >= 15 is 0 Å². The van der Waals surface area contributed by atoms with E-state index < -0.39 is 5.54 Å². The Morgan fingerprint density at radius 2 is 1.93 bits per heavy atom. The summed E-state index contributed by atoms with van der Waals surface area (Å²) in [6.07, 6.45) is 10.5. The molecule has 2 fully saturated rings. The number of hydrogen-bond donors (Lipinski definition) is 1. The molecule has 2 aliphatic heterocycles. The number of amides is 2. The molecule has 1 N–H and O–H groups in total. The van der Waals surface area contributed by atoms with Gasteiger partial charge in [-0.25, -0.2) is 9.97 Å². The highest BCUT2D eigenvalue weighted by molar-refractivity contribution is 5.92. The summed E-state index contributed by atoms with van der Waals surface area (Å²) in [5.74, 6) is 0.343. The number of aromatic amines is 1. The molecule has 5 rings (SSSR count). The topological polar surface area (TPSA) is 95.1 Å². The highest BCUT2D eigenvalue weighted by Gasteiger charge is 2.51. The Morgan fingerprint density at radius 1 is 1.11 bits per heavy atom. The minimum absolute atomic E-state index is 0.101. The van der Waals surface area contributed by atoms with Crippen molar-refractivity contribution in [2.24, 2.45) is 5.92 Å². The van der Waals surface area contributed by atoms with Gasteiger partial charge in [-0.05, 0) is 25.7 Å². The molecule has 0 unspecified atom stereocenters. The van der Waals surface area contributed by atoms with Crippen molar-refractivity contribution in [3.05, 3.63) is 42.0 Å². The first-order chi connectivity index (χ1) is 13.2. The Labute approximate surface area is 157 Å². The summed E-state index contributed by atoms with van der Waals surface area (Å²) >= 11 is 0. The number of carbonyl (C=O) groups is 2. The van der Waals surface area contributed by atoms with Crippen LogP contribution in [0.1, 0.15) is 47.6 Å². The second-order valence-corrected chi connectivity index (χ2v) is 7.66. The third-order valence-electron chi connectivity index (χ3n) is 6.11. The van der Waals surface area contributed by atoms with Crippen molar-refractivity contribution in [2.45, 2.75) is 37.6 Å². The summed E-state index contributed by atoms with van der Waals surface area (Å²) in [5, 5.41) is 0. The number of fused-ring (bicyclic) bond motifs is 2. The molecule has 2 amide bonds. The van der Waals surface area contributed by atoms with E-state index in [0.29, 0.717) is 31.6 Å². The normalized spacial score (nSPS) is 21.2. The molecule has 0 bridgehead atoms. The molecule has 8 heteroatoms. The number of carbonyl (C=O) groups excluding carboxylic acids is 2. The van der Waals surface area contributed by atoms with Gasteiger partial charge in [0.05, 0.1) is 23.8 Å². The molecule has 3 aliphatic rings. The molecule has 27 heavy (non-hydrogen) atoms. The van der Waals surface area contributed by atoms with Crippen LogP contribution in [-0.2, 0) is 16.8 Å². The summed E-state index contributed by atoms with van der Waals surface area (Å²) in [6, 6.07) is 0. The maximum Gasteiger partial charge on any atom is 0.274 e. The van der Waals surface area contributed by atoms with Gasteiger partial charge in [-0.15, -0.1) is 0 Å². The van der Waals surface area contributed by atoms with E-state index in [0.717, 1.165) is 37.2 Å². The maximum absolute atomic E-state index is 13.0. The largest absolute Gasteiger partial charge is 0.348 e. The number of nitrogens with one attached hydrogen (secondary N) is 1. The minimum Gasteiger partial charge on any atom is -0.348 e. The van der Waals surface area contributed by atoms with Crippen LogP contribution in [0.25, 0.3) is 0 Å². The number of rotatable bonds is 2. The van der Waals surface area contributed by atoms with Gasteiger partial charge in [-0.2, -0.15) is 0 Å². The molecule has 2 aromatic rings. The number of nitrogens with zero attached hydrogens (tertiary/aromatic N) is 5. The molecule has 0 atom stereocenters. The quantitative estimate of drug-likeness (QED) is 0.860. The van der Waals surface area contributed by atoms with E-state index in [4.69, 9.17) is 0 Å². The molecule has 0 radical (unpaired) electrons. The van der Waals surface area contributed by atoms with Crippen LogP contribution in [0.3, 0.4) is 0 Å². The number of imidazole rings is 1. The maximum atomic E-state index is 13.0. The van der Waals surface area contributed by atoms with E-state index in [1.165, 1.54) is 12.4 Å². The Hall–Kier alpha value is -2.77. The van der Waals surface area contributed by atoms with E-state index in [1.54, 1.807) is 12.5 Å². The zero-order valence-corrected chi connectivity index (χ0v) is 15.1. The highest BCUT2D eigenvalue weighted by atomic mass is 16.2.